The highest BCUT2D eigenvalue weighted by Crippen LogP contribution is 2.39. The number of hydrogen-bond donors (Lipinski definition) is 3. The van der Waals surface area contributed by atoms with Crippen LogP contribution in [0.4, 0.5) is 22.9 Å². The summed E-state index contributed by atoms with van der Waals surface area (Å²) in [6, 6.07) is 5.87. The molecule has 0 bridgehead atoms. The summed E-state index contributed by atoms with van der Waals surface area (Å²) in [5.41, 5.74) is 5.88. The summed E-state index contributed by atoms with van der Waals surface area (Å²) < 4.78 is 11.6. The smallest absolute Gasteiger partial charge is 0.301 e. The maximum absolute atomic E-state index is 12.9. The van der Waals surface area contributed by atoms with Gasteiger partial charge in [0.1, 0.15) is 28.7 Å². The zero-order chi connectivity index (χ0) is 23.6. The molecule has 1 aromatic heterocycles. The van der Waals surface area contributed by atoms with Crippen molar-refractivity contribution in [2.45, 2.75) is 6.92 Å². The number of nitrogens with one attached hydrogen (secondary N) is 2. The molecule has 4 N–H and O–H groups in total. The Bertz CT molecular complexity index is 1260. The number of anilines is 2. The second-order valence-corrected chi connectivity index (χ2v) is 7.59. The third kappa shape index (κ3) is 4.67. The van der Waals surface area contributed by atoms with Crippen LogP contribution in [0.1, 0.15) is 6.92 Å². The molecule has 32 heavy (non-hydrogen) atoms. The summed E-state index contributed by atoms with van der Waals surface area (Å²) in [6.45, 7) is 1.36. The number of methoxy groups -OCH3 is 2. The SMILES string of the molecule is COc1cc(NC(C)=O)c(OC)cc1N=Nc1c(N)[nH]n(-c2c(Cl)cc(Cl)cc2Cl)c1=O. The second kappa shape index (κ2) is 9.51. The molecule has 0 radical (unpaired) electrons. The Kier molecular flexibility index (Phi) is 6.97. The topological polar surface area (TPSA) is 136 Å². The van der Waals surface area contributed by atoms with Crippen LogP contribution >= 0.6 is 34.8 Å². The van der Waals surface area contributed by atoms with Gasteiger partial charge in [0.15, 0.2) is 5.69 Å². The number of carbonyl (C=O) groups is 1. The first kappa shape index (κ1) is 23.5. The average molecular weight is 500 g/mol. The van der Waals surface area contributed by atoms with Gasteiger partial charge in [-0.3, -0.25) is 14.7 Å². The lowest BCUT2D eigenvalue weighted by atomic mass is 10.2. The van der Waals surface area contributed by atoms with Gasteiger partial charge < -0.3 is 20.5 Å². The Morgan fingerprint density at radius 3 is 2.25 bits per heavy atom. The van der Waals surface area contributed by atoms with Crippen molar-refractivity contribution in [3.63, 3.8) is 0 Å². The molecule has 0 spiro atoms. The van der Waals surface area contributed by atoms with E-state index in [1.165, 1.54) is 45.4 Å². The van der Waals surface area contributed by atoms with Gasteiger partial charge in [-0.2, -0.15) is 0 Å². The number of nitrogen functional groups attached to an aromatic ring is 1. The number of carbonyl (C=O) groups excluding carboxylic acids is 1. The fraction of sp³-hybridized carbons (Fsp3) is 0.158. The normalized spacial score (nSPS) is 11.1. The Morgan fingerprint density at radius 2 is 1.69 bits per heavy atom. The van der Waals surface area contributed by atoms with Gasteiger partial charge in [0.25, 0.3) is 0 Å². The molecule has 0 aliphatic rings. The highest BCUT2D eigenvalue weighted by atomic mass is 35.5. The Morgan fingerprint density at radius 1 is 1.06 bits per heavy atom. The van der Waals surface area contributed by atoms with Crippen molar-refractivity contribution < 1.29 is 14.3 Å². The largest absolute Gasteiger partial charge is 0.494 e. The Hall–Kier alpha value is -3.21. The molecule has 0 unspecified atom stereocenters. The minimum absolute atomic E-state index is 0.0679. The fourth-order valence-electron chi connectivity index (χ4n) is 2.80. The van der Waals surface area contributed by atoms with E-state index in [9.17, 15) is 9.59 Å². The lowest BCUT2D eigenvalue weighted by Gasteiger charge is -2.12. The molecule has 13 heteroatoms. The zero-order valence-corrected chi connectivity index (χ0v) is 19.3. The molecule has 0 saturated heterocycles. The van der Waals surface area contributed by atoms with E-state index in [2.05, 4.69) is 20.6 Å². The van der Waals surface area contributed by atoms with Crippen LogP contribution in [-0.2, 0) is 4.79 Å². The zero-order valence-electron chi connectivity index (χ0n) is 17.0. The lowest BCUT2D eigenvalue weighted by molar-refractivity contribution is -0.114. The van der Waals surface area contributed by atoms with Crippen LogP contribution in [0, 0.1) is 0 Å². The van der Waals surface area contributed by atoms with Crippen LogP contribution < -0.4 is 26.1 Å². The number of H-pyrrole nitrogens is 1. The Labute approximate surface area is 196 Å². The van der Waals surface area contributed by atoms with Gasteiger partial charge in [-0.15, -0.1) is 10.2 Å². The van der Waals surface area contributed by atoms with E-state index in [-0.39, 0.29) is 44.6 Å². The predicted octanol–water partition coefficient (Wildman–Crippen LogP) is 5.10. The number of azo groups is 1. The van der Waals surface area contributed by atoms with Crippen LogP contribution in [0.5, 0.6) is 11.5 Å². The van der Waals surface area contributed by atoms with Crippen molar-refractivity contribution >= 4 is 63.6 Å². The molecule has 10 nitrogen and oxygen atoms in total. The number of amides is 1. The molecular weight excluding hydrogens is 483 g/mol. The number of hydrogen-bond acceptors (Lipinski definition) is 7. The van der Waals surface area contributed by atoms with Crippen molar-refractivity contribution in [1.82, 2.24) is 9.78 Å². The predicted molar refractivity (Wildman–Crippen MR) is 124 cm³/mol. The quantitative estimate of drug-likeness (QED) is 0.405. The van der Waals surface area contributed by atoms with Gasteiger partial charge in [-0.1, -0.05) is 34.8 Å². The molecule has 2 aromatic carbocycles. The average Bonchev–Trinajstić information content (AvgIpc) is 2.98. The van der Waals surface area contributed by atoms with Crippen LogP contribution in [0.2, 0.25) is 15.1 Å². The van der Waals surface area contributed by atoms with Gasteiger partial charge >= 0.3 is 5.56 Å². The molecule has 3 rings (SSSR count). The number of halogens is 3. The fourth-order valence-corrected chi connectivity index (χ4v) is 3.78. The maximum Gasteiger partial charge on any atom is 0.301 e. The molecule has 0 fully saturated rings. The first-order valence-corrected chi connectivity index (χ1v) is 10.00. The molecule has 0 atom stereocenters. The van der Waals surface area contributed by atoms with E-state index in [4.69, 9.17) is 50.0 Å². The highest BCUT2D eigenvalue weighted by molar-refractivity contribution is 6.40. The minimum Gasteiger partial charge on any atom is -0.494 e. The maximum atomic E-state index is 12.9. The number of nitrogens with two attached hydrogens (primary N) is 1. The molecule has 0 saturated carbocycles. The van der Waals surface area contributed by atoms with Gasteiger partial charge in [0.05, 0.1) is 30.0 Å². The van der Waals surface area contributed by atoms with E-state index in [1.54, 1.807) is 0 Å². The van der Waals surface area contributed by atoms with Crippen LogP contribution in [0.25, 0.3) is 5.69 Å². The summed E-state index contributed by atoms with van der Waals surface area (Å²) >= 11 is 18.3. The third-order valence-electron chi connectivity index (χ3n) is 4.17. The standard InChI is InChI=1S/C19H17Cl3N6O4/c1-8(29)24-12-6-15(32-3)13(7-14(12)31-2)25-26-16-18(23)27-28(19(16)30)17-10(21)4-9(20)5-11(17)22/h4-7,27H,23H2,1-3H3,(H,24,29). The van der Waals surface area contributed by atoms with Crippen LogP contribution in [0.3, 0.4) is 0 Å². The molecule has 1 heterocycles. The first-order valence-electron chi connectivity index (χ1n) is 8.87. The van der Waals surface area contributed by atoms with E-state index in [0.717, 1.165) is 4.68 Å². The van der Waals surface area contributed by atoms with E-state index >= 15 is 0 Å². The third-order valence-corrected chi connectivity index (χ3v) is 4.96. The number of rotatable bonds is 6. The summed E-state index contributed by atoms with van der Waals surface area (Å²) in [5, 5.41) is 13.9. The number of nitrogens with zero attached hydrogens (tertiary/aromatic N) is 3. The van der Waals surface area contributed by atoms with Gasteiger partial charge in [0.2, 0.25) is 5.91 Å². The minimum atomic E-state index is -0.641. The summed E-state index contributed by atoms with van der Waals surface area (Å²) in [5.74, 6) is 0.229. The lowest BCUT2D eigenvalue weighted by Crippen LogP contribution is -2.15. The van der Waals surface area contributed by atoms with Crippen LogP contribution in [-0.4, -0.2) is 29.9 Å². The van der Waals surface area contributed by atoms with Crippen molar-refractivity contribution in [3.8, 4) is 17.2 Å². The van der Waals surface area contributed by atoms with Gasteiger partial charge in [-0.25, -0.2) is 4.68 Å². The van der Waals surface area contributed by atoms with E-state index < -0.39 is 5.56 Å². The monoisotopic (exact) mass is 498 g/mol. The summed E-state index contributed by atoms with van der Waals surface area (Å²) in [6.07, 6.45) is 0. The Balaban J connectivity index is 2.06. The van der Waals surface area contributed by atoms with Crippen molar-refractivity contribution in [3.05, 3.63) is 49.7 Å². The summed E-state index contributed by atoms with van der Waals surface area (Å²) in [7, 11) is 2.84. The van der Waals surface area contributed by atoms with Crippen molar-refractivity contribution in [2.75, 3.05) is 25.3 Å². The number of benzene rings is 2. The summed E-state index contributed by atoms with van der Waals surface area (Å²) in [4.78, 5) is 24.3. The number of aromatic nitrogens is 2. The molecule has 0 aliphatic carbocycles. The first-order chi connectivity index (χ1) is 15.2. The number of aromatic amines is 1. The molecule has 168 valence electrons. The van der Waals surface area contributed by atoms with E-state index in [1.807, 2.05) is 0 Å². The number of ether oxygens (including phenoxy) is 2. The highest BCUT2D eigenvalue weighted by Gasteiger charge is 2.19. The van der Waals surface area contributed by atoms with Crippen molar-refractivity contribution in [2.24, 2.45) is 10.2 Å². The molecule has 0 aliphatic heterocycles. The van der Waals surface area contributed by atoms with Gasteiger partial charge in [0, 0.05) is 24.1 Å². The van der Waals surface area contributed by atoms with Crippen LogP contribution in [0.15, 0.2) is 39.3 Å². The molecule has 3 aromatic rings. The second-order valence-electron chi connectivity index (χ2n) is 6.34. The van der Waals surface area contributed by atoms with Gasteiger partial charge in [-0.05, 0) is 12.1 Å². The molecular formula is C19H17Cl3N6O4. The van der Waals surface area contributed by atoms with E-state index in [0.29, 0.717) is 16.5 Å². The van der Waals surface area contributed by atoms with Crippen molar-refractivity contribution in [1.29, 1.82) is 0 Å². The molecule has 1 amide bonds.